The number of aromatic nitrogens is 2. The van der Waals surface area contributed by atoms with Crippen LogP contribution in [0.3, 0.4) is 0 Å². The first-order chi connectivity index (χ1) is 9.38. The van der Waals surface area contributed by atoms with Crippen molar-refractivity contribution in [1.29, 1.82) is 0 Å². The van der Waals surface area contributed by atoms with Gasteiger partial charge in [-0.1, -0.05) is 12.1 Å². The van der Waals surface area contributed by atoms with Gasteiger partial charge < -0.3 is 10.5 Å². The summed E-state index contributed by atoms with van der Waals surface area (Å²) in [7, 11) is 0. The fraction of sp³-hybridized carbons (Fsp3) is 0.333. The lowest BCUT2D eigenvalue weighted by Gasteiger charge is -2.20. The van der Waals surface area contributed by atoms with E-state index >= 15 is 0 Å². The average Bonchev–Trinajstić information content (AvgIpc) is 2.49. The van der Waals surface area contributed by atoms with Crippen LogP contribution in [0.1, 0.15) is 29.2 Å². The summed E-state index contributed by atoms with van der Waals surface area (Å²) in [5.74, 6) is 1.10. The molecule has 0 radical (unpaired) electrons. The van der Waals surface area contributed by atoms with Crippen LogP contribution in [0.4, 0.5) is 0 Å². The van der Waals surface area contributed by atoms with Gasteiger partial charge in [0.05, 0.1) is 12.3 Å². The zero-order chi connectivity index (χ0) is 13.1. The molecular formula is C15H17N3O. The third-order valence-electron chi connectivity index (χ3n) is 3.52. The summed E-state index contributed by atoms with van der Waals surface area (Å²) in [6, 6.07) is 10.2. The first-order valence-electron chi connectivity index (χ1n) is 6.62. The number of nitrogens with zero attached hydrogens (tertiary/aromatic N) is 2. The maximum Gasteiger partial charge on any atom is 0.122 e. The predicted molar refractivity (Wildman–Crippen MR) is 73.2 cm³/mol. The molecule has 1 aromatic heterocycles. The molecule has 3 rings (SSSR count). The van der Waals surface area contributed by atoms with E-state index in [1.807, 2.05) is 18.2 Å². The van der Waals surface area contributed by atoms with Crippen molar-refractivity contribution in [3.8, 4) is 5.75 Å². The lowest BCUT2D eigenvalue weighted by molar-refractivity contribution is 0.288. The number of ether oxygens (including phenoxy) is 1. The van der Waals surface area contributed by atoms with Gasteiger partial charge >= 0.3 is 0 Å². The van der Waals surface area contributed by atoms with Crippen LogP contribution >= 0.6 is 0 Å². The average molecular weight is 255 g/mol. The fourth-order valence-electron chi connectivity index (χ4n) is 2.52. The maximum atomic E-state index is 5.91. The SMILES string of the molecule is NCC(c1ccc2c(c1)CCCO2)c1cccnn1. The van der Waals surface area contributed by atoms with E-state index in [0.29, 0.717) is 6.54 Å². The number of hydrogen-bond donors (Lipinski definition) is 1. The molecule has 1 aliphatic rings. The van der Waals surface area contributed by atoms with Gasteiger partial charge in [-0.25, -0.2) is 0 Å². The molecule has 2 heterocycles. The Labute approximate surface area is 112 Å². The lowest BCUT2D eigenvalue weighted by atomic mass is 9.92. The molecule has 0 aliphatic carbocycles. The van der Waals surface area contributed by atoms with Gasteiger partial charge in [0.2, 0.25) is 0 Å². The van der Waals surface area contributed by atoms with Crippen molar-refractivity contribution in [3.05, 3.63) is 53.3 Å². The molecule has 0 amide bonds. The Hall–Kier alpha value is -1.94. The Kier molecular flexibility index (Phi) is 3.42. The molecule has 0 saturated heterocycles. The normalized spacial score (nSPS) is 15.4. The zero-order valence-corrected chi connectivity index (χ0v) is 10.7. The molecule has 98 valence electrons. The molecular weight excluding hydrogens is 238 g/mol. The van der Waals surface area contributed by atoms with Crippen molar-refractivity contribution < 1.29 is 4.74 Å². The maximum absolute atomic E-state index is 5.91. The molecule has 1 aromatic carbocycles. The molecule has 4 nitrogen and oxygen atoms in total. The summed E-state index contributed by atoms with van der Waals surface area (Å²) in [5, 5.41) is 8.11. The summed E-state index contributed by atoms with van der Waals surface area (Å²) in [5.41, 5.74) is 9.29. The van der Waals surface area contributed by atoms with Gasteiger partial charge in [-0.2, -0.15) is 10.2 Å². The van der Waals surface area contributed by atoms with Crippen LogP contribution in [0.15, 0.2) is 36.5 Å². The van der Waals surface area contributed by atoms with Crippen LogP contribution in [-0.4, -0.2) is 23.3 Å². The zero-order valence-electron chi connectivity index (χ0n) is 10.7. The van der Waals surface area contributed by atoms with Crippen LogP contribution in [0.25, 0.3) is 0 Å². The van der Waals surface area contributed by atoms with Crippen molar-refractivity contribution >= 4 is 0 Å². The highest BCUT2D eigenvalue weighted by Crippen LogP contribution is 2.30. The van der Waals surface area contributed by atoms with Gasteiger partial charge in [0, 0.05) is 18.7 Å². The number of rotatable bonds is 3. The standard InChI is InChI=1S/C15H17N3O/c16-10-13(14-4-1-7-17-18-14)11-5-6-15-12(9-11)3-2-8-19-15/h1,4-7,9,13H,2-3,8,10,16H2. The highest BCUT2D eigenvalue weighted by atomic mass is 16.5. The van der Waals surface area contributed by atoms with Crippen LogP contribution < -0.4 is 10.5 Å². The van der Waals surface area contributed by atoms with Crippen molar-refractivity contribution in [1.82, 2.24) is 10.2 Å². The van der Waals surface area contributed by atoms with Gasteiger partial charge in [0.1, 0.15) is 5.75 Å². The summed E-state index contributed by atoms with van der Waals surface area (Å²) >= 11 is 0. The highest BCUT2D eigenvalue weighted by molar-refractivity contribution is 5.41. The minimum Gasteiger partial charge on any atom is -0.493 e. The van der Waals surface area contributed by atoms with E-state index in [2.05, 4.69) is 22.3 Å². The van der Waals surface area contributed by atoms with Gasteiger partial charge in [0.15, 0.2) is 0 Å². The first kappa shape index (κ1) is 12.1. The van der Waals surface area contributed by atoms with E-state index in [1.165, 1.54) is 11.1 Å². The molecule has 1 aliphatic heterocycles. The van der Waals surface area contributed by atoms with Crippen LogP contribution in [0.5, 0.6) is 5.75 Å². The number of hydrogen-bond acceptors (Lipinski definition) is 4. The Morgan fingerprint density at radius 3 is 3.05 bits per heavy atom. The number of nitrogens with two attached hydrogens (primary N) is 1. The second kappa shape index (κ2) is 5.36. The highest BCUT2D eigenvalue weighted by Gasteiger charge is 2.17. The molecule has 0 bridgehead atoms. The Morgan fingerprint density at radius 2 is 2.26 bits per heavy atom. The summed E-state index contributed by atoms with van der Waals surface area (Å²) in [4.78, 5) is 0. The van der Waals surface area contributed by atoms with Crippen LogP contribution in [0.2, 0.25) is 0 Å². The van der Waals surface area contributed by atoms with E-state index in [4.69, 9.17) is 10.5 Å². The number of fused-ring (bicyclic) bond motifs is 1. The van der Waals surface area contributed by atoms with Crippen molar-refractivity contribution in [3.63, 3.8) is 0 Å². The molecule has 4 heteroatoms. The molecule has 0 saturated carbocycles. The summed E-state index contributed by atoms with van der Waals surface area (Å²) in [6.07, 6.45) is 3.83. The molecule has 1 atom stereocenters. The fourth-order valence-corrected chi connectivity index (χ4v) is 2.52. The van der Waals surface area contributed by atoms with Crippen molar-refractivity contribution in [2.45, 2.75) is 18.8 Å². The first-order valence-corrected chi connectivity index (χ1v) is 6.62. The Balaban J connectivity index is 1.96. The Morgan fingerprint density at radius 1 is 1.32 bits per heavy atom. The van der Waals surface area contributed by atoms with E-state index in [-0.39, 0.29) is 5.92 Å². The largest absolute Gasteiger partial charge is 0.493 e. The number of aryl methyl sites for hydroxylation is 1. The smallest absolute Gasteiger partial charge is 0.122 e. The topological polar surface area (TPSA) is 61.0 Å². The van der Waals surface area contributed by atoms with Gasteiger partial charge in [-0.05, 0) is 42.2 Å². The van der Waals surface area contributed by atoms with E-state index < -0.39 is 0 Å². The quantitative estimate of drug-likeness (QED) is 0.909. The van der Waals surface area contributed by atoms with Gasteiger partial charge in [-0.3, -0.25) is 0 Å². The van der Waals surface area contributed by atoms with E-state index in [9.17, 15) is 0 Å². The molecule has 0 fully saturated rings. The van der Waals surface area contributed by atoms with Gasteiger partial charge in [-0.15, -0.1) is 0 Å². The Bertz CT molecular complexity index is 557. The second-order valence-corrected chi connectivity index (χ2v) is 4.76. The minimum absolute atomic E-state index is 0.0981. The third kappa shape index (κ3) is 2.44. The number of benzene rings is 1. The lowest BCUT2D eigenvalue weighted by Crippen LogP contribution is -2.16. The van der Waals surface area contributed by atoms with Crippen molar-refractivity contribution in [2.75, 3.05) is 13.2 Å². The summed E-state index contributed by atoms with van der Waals surface area (Å²) in [6.45, 7) is 1.34. The molecule has 2 aromatic rings. The molecule has 0 spiro atoms. The predicted octanol–water partition coefficient (Wildman–Crippen LogP) is 1.89. The van der Waals surface area contributed by atoms with Crippen LogP contribution in [0, 0.1) is 0 Å². The van der Waals surface area contributed by atoms with E-state index in [0.717, 1.165) is 30.9 Å². The van der Waals surface area contributed by atoms with E-state index in [1.54, 1.807) is 6.20 Å². The molecule has 2 N–H and O–H groups in total. The van der Waals surface area contributed by atoms with Crippen molar-refractivity contribution in [2.24, 2.45) is 5.73 Å². The summed E-state index contributed by atoms with van der Waals surface area (Å²) < 4.78 is 5.64. The molecule has 1 unspecified atom stereocenters. The third-order valence-corrected chi connectivity index (χ3v) is 3.52. The van der Waals surface area contributed by atoms with Gasteiger partial charge in [0.25, 0.3) is 0 Å². The molecule has 19 heavy (non-hydrogen) atoms. The minimum atomic E-state index is 0.0981. The second-order valence-electron chi connectivity index (χ2n) is 4.76. The monoisotopic (exact) mass is 255 g/mol. The van der Waals surface area contributed by atoms with Crippen LogP contribution in [-0.2, 0) is 6.42 Å².